The summed E-state index contributed by atoms with van der Waals surface area (Å²) in [5.41, 5.74) is -1.05. The van der Waals surface area contributed by atoms with Gasteiger partial charge in [-0.3, -0.25) is 0 Å². The Morgan fingerprint density at radius 1 is 0.783 bits per heavy atom. The standard InChI is InChI=1S/C17H14Cl2O4/c1-17(2,11-7-3-5-9-13(11)22-15(18)20)12-8-4-6-10-14(12)23-16(19)21/h3-10H,1-2H3. The molecule has 6 heteroatoms. The lowest BCUT2D eigenvalue weighted by Crippen LogP contribution is -2.22. The molecule has 120 valence electrons. The van der Waals surface area contributed by atoms with Crippen LogP contribution in [0.15, 0.2) is 48.5 Å². The Kier molecular flexibility index (Phi) is 5.29. The monoisotopic (exact) mass is 352 g/mol. The SMILES string of the molecule is CC(C)(c1ccccc1OC(=O)Cl)c1ccccc1OC(=O)Cl. The van der Waals surface area contributed by atoms with Crippen LogP contribution in [0.4, 0.5) is 9.59 Å². The molecule has 0 radical (unpaired) electrons. The first-order valence-corrected chi connectivity index (χ1v) is 7.51. The molecule has 0 aliphatic carbocycles. The molecule has 0 saturated heterocycles. The van der Waals surface area contributed by atoms with Crippen molar-refractivity contribution in [2.45, 2.75) is 19.3 Å². The Hall–Kier alpha value is -2.04. The molecule has 0 spiro atoms. The number of ether oxygens (including phenoxy) is 2. The zero-order valence-electron chi connectivity index (χ0n) is 12.5. The van der Waals surface area contributed by atoms with Gasteiger partial charge in [-0.05, 0) is 12.1 Å². The van der Waals surface area contributed by atoms with E-state index in [2.05, 4.69) is 0 Å². The van der Waals surface area contributed by atoms with Crippen LogP contribution in [0.1, 0.15) is 25.0 Å². The van der Waals surface area contributed by atoms with Gasteiger partial charge in [0.25, 0.3) is 0 Å². The number of carbonyl (C=O) groups is 2. The number of benzene rings is 2. The molecule has 2 rings (SSSR count). The number of hydrogen-bond donors (Lipinski definition) is 0. The summed E-state index contributed by atoms with van der Waals surface area (Å²) in [6, 6.07) is 14.0. The third kappa shape index (κ3) is 4.03. The Bertz CT molecular complexity index is 679. The number of halogens is 2. The Morgan fingerprint density at radius 3 is 1.48 bits per heavy atom. The van der Waals surface area contributed by atoms with E-state index in [1.807, 2.05) is 38.1 Å². The van der Waals surface area contributed by atoms with Gasteiger partial charge in [0.05, 0.1) is 0 Å². The van der Waals surface area contributed by atoms with E-state index in [0.717, 1.165) is 0 Å². The van der Waals surface area contributed by atoms with Crippen LogP contribution in [0.25, 0.3) is 0 Å². The maximum Gasteiger partial charge on any atom is 0.409 e. The van der Waals surface area contributed by atoms with Gasteiger partial charge >= 0.3 is 10.9 Å². The van der Waals surface area contributed by atoms with E-state index >= 15 is 0 Å². The third-order valence-electron chi connectivity index (χ3n) is 3.50. The highest BCUT2D eigenvalue weighted by Crippen LogP contribution is 2.41. The van der Waals surface area contributed by atoms with E-state index in [1.165, 1.54) is 0 Å². The highest BCUT2D eigenvalue weighted by molar-refractivity contribution is 6.61. The summed E-state index contributed by atoms with van der Waals surface area (Å²) in [5, 5.41) is 0. The zero-order chi connectivity index (χ0) is 17.0. The molecular weight excluding hydrogens is 339 g/mol. The second kappa shape index (κ2) is 7.02. The van der Waals surface area contributed by atoms with Crippen molar-refractivity contribution in [3.8, 4) is 11.5 Å². The zero-order valence-corrected chi connectivity index (χ0v) is 14.0. The minimum absolute atomic E-state index is 0.338. The fourth-order valence-electron chi connectivity index (χ4n) is 2.46. The first kappa shape index (κ1) is 17.3. The van der Waals surface area contributed by atoms with E-state index in [4.69, 9.17) is 32.7 Å². The summed E-state index contributed by atoms with van der Waals surface area (Å²) in [5.74, 6) is 0.675. The minimum Gasteiger partial charge on any atom is -0.414 e. The molecule has 0 N–H and O–H groups in total. The van der Waals surface area contributed by atoms with Gasteiger partial charge in [0.1, 0.15) is 11.5 Å². The van der Waals surface area contributed by atoms with Crippen LogP contribution in [0.2, 0.25) is 0 Å². The number of carbonyl (C=O) groups excluding carboxylic acids is 2. The molecule has 0 aliphatic heterocycles. The van der Waals surface area contributed by atoms with Crippen LogP contribution >= 0.6 is 23.2 Å². The Morgan fingerprint density at radius 2 is 1.13 bits per heavy atom. The first-order valence-electron chi connectivity index (χ1n) is 6.76. The van der Waals surface area contributed by atoms with Crippen molar-refractivity contribution >= 4 is 34.1 Å². The lowest BCUT2D eigenvalue weighted by Gasteiger charge is -2.29. The van der Waals surface area contributed by atoms with E-state index in [9.17, 15) is 9.59 Å². The molecule has 0 bridgehead atoms. The highest BCUT2D eigenvalue weighted by atomic mass is 35.5. The van der Waals surface area contributed by atoms with Crippen molar-refractivity contribution in [2.75, 3.05) is 0 Å². The van der Waals surface area contributed by atoms with Crippen molar-refractivity contribution in [2.24, 2.45) is 0 Å². The van der Waals surface area contributed by atoms with Crippen molar-refractivity contribution in [1.29, 1.82) is 0 Å². The molecule has 2 aromatic carbocycles. The smallest absolute Gasteiger partial charge is 0.409 e. The Labute approximate surface area is 143 Å². The van der Waals surface area contributed by atoms with Gasteiger partial charge < -0.3 is 9.47 Å². The lowest BCUT2D eigenvalue weighted by atomic mass is 9.77. The second-order valence-electron chi connectivity index (χ2n) is 5.30. The molecule has 0 aromatic heterocycles. The molecule has 0 saturated carbocycles. The molecule has 0 atom stereocenters. The molecule has 0 aliphatic rings. The maximum atomic E-state index is 11.1. The van der Waals surface area contributed by atoms with E-state index < -0.39 is 16.3 Å². The predicted octanol–water partition coefficient (Wildman–Crippen LogP) is 5.49. The predicted molar refractivity (Wildman–Crippen MR) is 88.8 cm³/mol. The van der Waals surface area contributed by atoms with E-state index in [1.54, 1.807) is 24.3 Å². The molecule has 0 unspecified atom stereocenters. The van der Waals surface area contributed by atoms with Crippen LogP contribution in [0.5, 0.6) is 11.5 Å². The maximum absolute atomic E-state index is 11.1. The summed E-state index contributed by atoms with van der Waals surface area (Å²) in [6.07, 6.45) is 0. The summed E-state index contributed by atoms with van der Waals surface area (Å²) in [7, 11) is 0. The summed E-state index contributed by atoms with van der Waals surface area (Å²) < 4.78 is 10.1. The van der Waals surface area contributed by atoms with Crippen molar-refractivity contribution in [3.05, 3.63) is 59.7 Å². The average Bonchev–Trinajstić information content (AvgIpc) is 2.46. The van der Waals surface area contributed by atoms with Gasteiger partial charge in [-0.1, -0.05) is 50.2 Å². The van der Waals surface area contributed by atoms with Crippen LogP contribution in [-0.4, -0.2) is 10.9 Å². The second-order valence-corrected chi connectivity index (χ2v) is 5.91. The molecular formula is C17H14Cl2O4. The lowest BCUT2D eigenvalue weighted by molar-refractivity contribution is 0.225. The van der Waals surface area contributed by atoms with Crippen molar-refractivity contribution in [1.82, 2.24) is 0 Å². The van der Waals surface area contributed by atoms with Crippen LogP contribution in [0, 0.1) is 0 Å². The van der Waals surface area contributed by atoms with E-state index in [0.29, 0.717) is 22.6 Å². The van der Waals surface area contributed by atoms with Crippen LogP contribution in [-0.2, 0) is 5.41 Å². The molecule has 0 heterocycles. The van der Waals surface area contributed by atoms with E-state index in [-0.39, 0.29) is 0 Å². The van der Waals surface area contributed by atoms with Gasteiger partial charge in [-0.15, -0.1) is 0 Å². The van der Waals surface area contributed by atoms with Gasteiger partial charge in [0.2, 0.25) is 0 Å². The fraction of sp³-hybridized carbons (Fsp3) is 0.176. The number of para-hydroxylation sites is 2. The quantitative estimate of drug-likeness (QED) is 0.682. The Balaban J connectivity index is 2.55. The summed E-state index contributed by atoms with van der Waals surface area (Å²) in [4.78, 5) is 22.2. The summed E-state index contributed by atoms with van der Waals surface area (Å²) in [6.45, 7) is 3.82. The van der Waals surface area contributed by atoms with Crippen molar-refractivity contribution < 1.29 is 19.1 Å². The highest BCUT2D eigenvalue weighted by Gasteiger charge is 2.30. The van der Waals surface area contributed by atoms with Gasteiger partial charge in [0.15, 0.2) is 0 Å². The van der Waals surface area contributed by atoms with Gasteiger partial charge in [-0.25, -0.2) is 9.59 Å². The topological polar surface area (TPSA) is 52.6 Å². The molecule has 0 fully saturated rings. The fourth-order valence-corrected chi connectivity index (χ4v) is 2.63. The molecule has 23 heavy (non-hydrogen) atoms. The van der Waals surface area contributed by atoms with Gasteiger partial charge in [0, 0.05) is 39.7 Å². The third-order valence-corrected chi connectivity index (χ3v) is 3.66. The van der Waals surface area contributed by atoms with Gasteiger partial charge in [-0.2, -0.15) is 0 Å². The largest absolute Gasteiger partial charge is 0.414 e. The average molecular weight is 353 g/mol. The van der Waals surface area contributed by atoms with Crippen molar-refractivity contribution in [3.63, 3.8) is 0 Å². The molecule has 2 aromatic rings. The first-order chi connectivity index (χ1) is 10.8. The molecule has 0 amide bonds. The minimum atomic E-state index is -0.922. The normalized spacial score (nSPS) is 11.0. The van der Waals surface area contributed by atoms with Crippen LogP contribution < -0.4 is 9.47 Å². The number of rotatable bonds is 4. The van der Waals surface area contributed by atoms with Crippen LogP contribution in [0.3, 0.4) is 0 Å². The number of hydrogen-bond acceptors (Lipinski definition) is 4. The summed E-state index contributed by atoms with van der Waals surface area (Å²) >= 11 is 10.7. The molecule has 4 nitrogen and oxygen atoms in total.